The Morgan fingerprint density at radius 3 is 1.89 bits per heavy atom. The van der Waals surface area contributed by atoms with E-state index in [0.717, 1.165) is 22.5 Å². The van der Waals surface area contributed by atoms with Crippen LogP contribution in [-0.4, -0.2) is 99.5 Å². The van der Waals surface area contributed by atoms with E-state index in [-0.39, 0.29) is 61.2 Å². The molecule has 4 atom stereocenters. The smallest absolute Gasteiger partial charge is 0.456 e. The van der Waals surface area contributed by atoms with E-state index in [2.05, 4.69) is 10.3 Å². The molecule has 2 aromatic rings. The Kier molecular flexibility index (Phi) is 15.9. The molecule has 0 bridgehead atoms. The third-order valence-corrected chi connectivity index (χ3v) is 12.2. The molecule has 2 aromatic carbocycles. The molecule has 2 aliphatic heterocycles. The number of nitro groups is 2. The molecule has 19 nitrogen and oxygen atoms in total. The molecule has 1 fully saturated rings. The molecule has 56 heavy (non-hydrogen) atoms. The van der Waals surface area contributed by atoms with Gasteiger partial charge in [0.2, 0.25) is 11.3 Å². The molecule has 4 rings (SSSR count). The van der Waals surface area contributed by atoms with Gasteiger partial charge in [0, 0.05) is 42.5 Å². The normalized spacial score (nSPS) is 18.4. The molecule has 0 radical (unpaired) electrons. The van der Waals surface area contributed by atoms with E-state index in [1.165, 1.54) is 55.5 Å². The Labute approximate surface area is 326 Å². The van der Waals surface area contributed by atoms with Crippen LogP contribution in [0.25, 0.3) is 0 Å². The Balaban J connectivity index is 1.66. The highest BCUT2D eigenvalue weighted by molar-refractivity contribution is 8.14. The number of likely N-dealkylation sites (tertiary alicyclic amines) is 1. The molecule has 2 heterocycles. The van der Waals surface area contributed by atoms with Crippen LogP contribution in [0.1, 0.15) is 52.2 Å². The van der Waals surface area contributed by atoms with Gasteiger partial charge < -0.3 is 33.1 Å². The maximum absolute atomic E-state index is 14.3. The Bertz CT molecular complexity index is 1840. The van der Waals surface area contributed by atoms with Crippen LogP contribution in [-0.2, 0) is 55.4 Å². The predicted molar refractivity (Wildman–Crippen MR) is 205 cm³/mol. The summed E-state index contributed by atoms with van der Waals surface area (Å²) >= 11 is 1.03. The van der Waals surface area contributed by atoms with Crippen molar-refractivity contribution in [2.45, 2.75) is 71.6 Å². The van der Waals surface area contributed by atoms with Gasteiger partial charge in [-0.05, 0) is 70.0 Å². The zero-order valence-corrected chi connectivity index (χ0v) is 33.2. The van der Waals surface area contributed by atoms with Crippen LogP contribution in [0.4, 0.5) is 16.2 Å². The number of carbonyl (C=O) groups excluding carboxylic acids is 4. The number of hydrogen-bond acceptors (Lipinski definition) is 17. The van der Waals surface area contributed by atoms with Crippen molar-refractivity contribution in [3.63, 3.8) is 0 Å². The van der Waals surface area contributed by atoms with E-state index < -0.39 is 58.9 Å². The molecular formula is C35H44N5O14PS. The highest BCUT2D eigenvalue weighted by Gasteiger charge is 2.57. The molecule has 0 saturated carbocycles. The van der Waals surface area contributed by atoms with Crippen LogP contribution in [0.15, 0.2) is 53.5 Å². The van der Waals surface area contributed by atoms with Crippen molar-refractivity contribution < 1.29 is 56.8 Å². The third-order valence-electron chi connectivity index (χ3n) is 8.44. The summed E-state index contributed by atoms with van der Waals surface area (Å²) in [6.07, 6.45) is -2.62. The number of benzene rings is 2. The van der Waals surface area contributed by atoms with Gasteiger partial charge in [0.15, 0.2) is 5.12 Å². The number of aliphatic imine (C=N–C) groups is 1. The van der Waals surface area contributed by atoms with Crippen LogP contribution < -0.4 is 5.32 Å². The van der Waals surface area contributed by atoms with Crippen molar-refractivity contribution in [1.29, 1.82) is 0 Å². The number of rotatable bonds is 19. The maximum atomic E-state index is 14.3. The van der Waals surface area contributed by atoms with E-state index in [9.17, 15) is 39.4 Å². The fourth-order valence-corrected chi connectivity index (χ4v) is 9.22. The lowest BCUT2D eigenvalue weighted by Gasteiger charge is -2.49. The number of nitro benzene ring substituents is 2. The first-order valence-electron chi connectivity index (χ1n) is 17.7. The molecule has 2 aliphatic rings. The number of carbonyl (C=O) groups is 4. The van der Waals surface area contributed by atoms with Gasteiger partial charge in [-0.1, -0.05) is 11.8 Å². The minimum absolute atomic E-state index is 0.00739. The summed E-state index contributed by atoms with van der Waals surface area (Å²) in [7, 11) is -3.89. The van der Waals surface area contributed by atoms with Crippen molar-refractivity contribution in [3.8, 4) is 0 Å². The van der Waals surface area contributed by atoms with Crippen molar-refractivity contribution in [2.75, 3.05) is 32.9 Å². The number of esters is 1. The van der Waals surface area contributed by atoms with Crippen LogP contribution in [0, 0.1) is 26.1 Å². The van der Waals surface area contributed by atoms with Crippen molar-refractivity contribution in [2.24, 2.45) is 10.9 Å². The number of nitrogens with one attached hydrogen (secondary N) is 1. The van der Waals surface area contributed by atoms with Crippen molar-refractivity contribution in [3.05, 3.63) is 79.9 Å². The lowest BCUT2D eigenvalue weighted by Crippen LogP contribution is -2.68. The fraction of sp³-hybridized carbons (Fsp3) is 0.486. The lowest BCUT2D eigenvalue weighted by atomic mass is 9.81. The largest absolute Gasteiger partial charge is 0.508 e. The predicted octanol–water partition coefficient (Wildman–Crippen LogP) is 5.16. The van der Waals surface area contributed by atoms with E-state index in [1.54, 1.807) is 20.8 Å². The highest BCUT2D eigenvalue weighted by Crippen LogP contribution is 2.55. The average molecular weight is 822 g/mol. The van der Waals surface area contributed by atoms with Gasteiger partial charge in [-0.3, -0.25) is 39.7 Å². The number of nitrogens with zero attached hydrogens (tertiary/aromatic N) is 4. The summed E-state index contributed by atoms with van der Waals surface area (Å²) in [6.45, 7) is 8.38. The second-order valence-electron chi connectivity index (χ2n) is 12.3. The van der Waals surface area contributed by atoms with Crippen LogP contribution in [0.5, 0.6) is 0 Å². The molecule has 0 spiro atoms. The first-order valence-corrected chi connectivity index (χ1v) is 20.1. The lowest BCUT2D eigenvalue weighted by molar-refractivity contribution is -0.385. The van der Waals surface area contributed by atoms with Gasteiger partial charge >= 0.3 is 12.1 Å². The molecule has 0 aromatic heterocycles. The van der Waals surface area contributed by atoms with E-state index >= 15 is 0 Å². The SMILES string of the molecule is CCOP(OCC)(OCC)=C(C(=O)OCc1ccc([N+](=O)[O-])cc1)N1C(=O)C(C(C)OC(=O)OCc2ccc([N+](=O)[O-])cc2)C1CC(=O)SC1CN=C(C)NC1. The van der Waals surface area contributed by atoms with Crippen LogP contribution in [0.2, 0.25) is 0 Å². The molecule has 1 saturated heterocycles. The average Bonchev–Trinajstić information content (AvgIpc) is 3.16. The molecule has 4 unspecified atom stereocenters. The second kappa shape index (κ2) is 20.3. The maximum Gasteiger partial charge on any atom is 0.508 e. The zero-order chi connectivity index (χ0) is 41.0. The topological polar surface area (TPSA) is 238 Å². The van der Waals surface area contributed by atoms with Crippen LogP contribution >= 0.6 is 19.3 Å². The van der Waals surface area contributed by atoms with Gasteiger partial charge in [-0.2, -0.15) is 0 Å². The standard InChI is InChI=1S/C35H44N5O14PS/c1-6-51-55(52-7-2,53-8-3)33(34(43)49-20-24-9-13-26(14-10-24)39(45)46)38-29(17-30(41)56-28-18-36-23(5)37-19-28)31(32(38)42)22(4)54-35(44)50-21-25-11-15-27(16-12-25)40(47)48/h9-16,22,28-29,31H,6-8,17-21H2,1-5H3,(H,36,37). The Morgan fingerprint density at radius 1 is 0.911 bits per heavy atom. The summed E-state index contributed by atoms with van der Waals surface area (Å²) in [5.41, 5.74) is 0.136. The quantitative estimate of drug-likeness (QED) is 0.0633. The van der Waals surface area contributed by atoms with E-state index in [1.807, 2.05) is 6.92 Å². The molecule has 0 aliphatic carbocycles. The summed E-state index contributed by atoms with van der Waals surface area (Å²) in [5.74, 6) is -2.18. The first kappa shape index (κ1) is 43.8. The zero-order valence-electron chi connectivity index (χ0n) is 31.4. The second-order valence-corrected chi connectivity index (χ2v) is 15.8. The number of non-ortho nitro benzene ring substituents is 2. The van der Waals surface area contributed by atoms with Gasteiger partial charge in [0.25, 0.3) is 18.9 Å². The number of thioether (sulfide) groups is 1. The Hall–Kier alpha value is -4.88. The van der Waals surface area contributed by atoms with Gasteiger partial charge in [0.1, 0.15) is 19.3 Å². The first-order chi connectivity index (χ1) is 26.7. The molecule has 1 amide bonds. The van der Waals surface area contributed by atoms with Crippen molar-refractivity contribution >= 4 is 65.1 Å². The van der Waals surface area contributed by atoms with Crippen LogP contribution in [0.3, 0.4) is 0 Å². The summed E-state index contributed by atoms with van der Waals surface area (Å²) in [6, 6.07) is 9.59. The minimum Gasteiger partial charge on any atom is -0.456 e. The number of amidine groups is 1. The monoisotopic (exact) mass is 821 g/mol. The van der Waals surface area contributed by atoms with E-state index in [4.69, 9.17) is 27.8 Å². The summed E-state index contributed by atoms with van der Waals surface area (Å²) < 4.78 is 34.5. The number of amides is 1. The summed E-state index contributed by atoms with van der Waals surface area (Å²) in [4.78, 5) is 81.5. The minimum atomic E-state index is -3.89. The van der Waals surface area contributed by atoms with Gasteiger partial charge in [0.05, 0.1) is 54.0 Å². The van der Waals surface area contributed by atoms with Gasteiger partial charge in [-0.25, -0.2) is 9.59 Å². The number of ether oxygens (including phenoxy) is 3. The fourth-order valence-electron chi connectivity index (χ4n) is 5.85. The molecule has 21 heteroatoms. The number of β-lactam (4-membered cyclic amide) rings is 1. The third kappa shape index (κ3) is 11.1. The molecular weight excluding hydrogens is 777 g/mol. The molecule has 1 N–H and O–H groups in total. The summed E-state index contributed by atoms with van der Waals surface area (Å²) in [5, 5.41) is 24.7. The number of hydrogen-bond donors (Lipinski definition) is 1. The highest BCUT2D eigenvalue weighted by atomic mass is 32.2. The Morgan fingerprint density at radius 2 is 1.43 bits per heavy atom. The van der Waals surface area contributed by atoms with Crippen molar-refractivity contribution in [1.82, 2.24) is 10.2 Å². The van der Waals surface area contributed by atoms with E-state index in [0.29, 0.717) is 24.2 Å². The van der Waals surface area contributed by atoms with Gasteiger partial charge in [-0.15, -0.1) is 0 Å². The molecule has 304 valence electrons.